The molecule has 0 atom stereocenters. The Kier molecular flexibility index (Phi) is 3.80. The van der Waals surface area contributed by atoms with Gasteiger partial charge in [0.2, 0.25) is 0 Å². The Hall–Kier alpha value is -2.06. The van der Waals surface area contributed by atoms with E-state index in [0.717, 1.165) is 5.56 Å². The van der Waals surface area contributed by atoms with Crippen LogP contribution in [0.15, 0.2) is 54.6 Å². The van der Waals surface area contributed by atoms with E-state index in [9.17, 15) is 9.90 Å². The van der Waals surface area contributed by atoms with Gasteiger partial charge in [0.25, 0.3) is 0 Å². The van der Waals surface area contributed by atoms with E-state index >= 15 is 0 Å². The van der Waals surface area contributed by atoms with Crippen LogP contribution in [0.2, 0.25) is 5.02 Å². The van der Waals surface area contributed by atoms with Crippen molar-refractivity contribution in [3.8, 4) is 0 Å². The lowest BCUT2D eigenvalue weighted by Gasteiger charge is -2.03. The predicted molar refractivity (Wildman–Crippen MR) is 73.4 cm³/mol. The molecule has 1 N–H and O–H groups in total. The highest BCUT2D eigenvalue weighted by Gasteiger charge is 2.10. The Morgan fingerprint density at radius 1 is 1.00 bits per heavy atom. The van der Waals surface area contributed by atoms with Gasteiger partial charge in [-0.3, -0.25) is 0 Å². The minimum atomic E-state index is -0.957. The highest BCUT2D eigenvalue weighted by molar-refractivity contribution is 6.30. The van der Waals surface area contributed by atoms with Gasteiger partial charge < -0.3 is 5.11 Å². The summed E-state index contributed by atoms with van der Waals surface area (Å²) in [5.41, 5.74) is 1.73. The summed E-state index contributed by atoms with van der Waals surface area (Å²) in [7, 11) is 0. The lowest BCUT2D eigenvalue weighted by molar-refractivity contribution is -0.130. The third-order valence-electron chi connectivity index (χ3n) is 2.50. The zero-order chi connectivity index (χ0) is 13.0. The number of hydrogen-bond acceptors (Lipinski definition) is 1. The highest BCUT2D eigenvalue weighted by Crippen LogP contribution is 2.20. The molecular formula is C15H11ClO2. The molecule has 0 saturated heterocycles. The average Bonchev–Trinajstić information content (AvgIpc) is 2.38. The first-order valence-electron chi connectivity index (χ1n) is 5.43. The van der Waals surface area contributed by atoms with Crippen molar-refractivity contribution in [2.24, 2.45) is 0 Å². The van der Waals surface area contributed by atoms with Crippen LogP contribution in [-0.4, -0.2) is 11.1 Å². The van der Waals surface area contributed by atoms with Gasteiger partial charge in [-0.2, -0.15) is 0 Å². The van der Waals surface area contributed by atoms with Crippen LogP contribution in [0, 0.1) is 0 Å². The molecule has 18 heavy (non-hydrogen) atoms. The smallest absolute Gasteiger partial charge is 0.336 e. The van der Waals surface area contributed by atoms with E-state index in [1.54, 1.807) is 30.3 Å². The molecule has 2 aromatic rings. The van der Waals surface area contributed by atoms with Crippen molar-refractivity contribution < 1.29 is 9.90 Å². The summed E-state index contributed by atoms with van der Waals surface area (Å²) in [6.07, 6.45) is 1.64. The zero-order valence-electron chi connectivity index (χ0n) is 9.51. The molecule has 0 heterocycles. The molecule has 0 unspecified atom stereocenters. The van der Waals surface area contributed by atoms with Gasteiger partial charge in [-0.15, -0.1) is 0 Å². The van der Waals surface area contributed by atoms with Gasteiger partial charge in [0.1, 0.15) is 0 Å². The maximum absolute atomic E-state index is 11.3. The van der Waals surface area contributed by atoms with Crippen molar-refractivity contribution in [1.82, 2.24) is 0 Å². The fraction of sp³-hybridized carbons (Fsp3) is 0. The van der Waals surface area contributed by atoms with Gasteiger partial charge in [0.15, 0.2) is 0 Å². The number of carboxylic acid groups (broad SMARTS) is 1. The standard InChI is InChI=1S/C15H11ClO2/c16-13-8-6-12(7-9-13)14(15(17)18)10-11-4-2-1-3-5-11/h1-10H,(H,17,18). The molecule has 90 valence electrons. The van der Waals surface area contributed by atoms with Crippen LogP contribution in [0.3, 0.4) is 0 Å². The number of hydrogen-bond donors (Lipinski definition) is 1. The third-order valence-corrected chi connectivity index (χ3v) is 2.75. The maximum Gasteiger partial charge on any atom is 0.336 e. The van der Waals surface area contributed by atoms with Gasteiger partial charge in [-0.1, -0.05) is 54.1 Å². The molecule has 0 aliphatic heterocycles. The lowest BCUT2D eigenvalue weighted by Crippen LogP contribution is -1.99. The minimum Gasteiger partial charge on any atom is -0.478 e. The van der Waals surface area contributed by atoms with Gasteiger partial charge in [0.05, 0.1) is 5.57 Å². The molecule has 0 aromatic heterocycles. The van der Waals surface area contributed by atoms with Crippen LogP contribution in [0.5, 0.6) is 0 Å². The Labute approximate surface area is 110 Å². The molecule has 0 spiro atoms. The molecule has 0 fully saturated rings. The summed E-state index contributed by atoms with van der Waals surface area (Å²) >= 11 is 5.79. The number of rotatable bonds is 3. The van der Waals surface area contributed by atoms with Gasteiger partial charge in [0, 0.05) is 5.02 Å². The van der Waals surface area contributed by atoms with Crippen molar-refractivity contribution in [3.63, 3.8) is 0 Å². The van der Waals surface area contributed by atoms with E-state index in [-0.39, 0.29) is 5.57 Å². The second-order valence-corrected chi connectivity index (χ2v) is 4.22. The molecule has 0 amide bonds. The van der Waals surface area contributed by atoms with E-state index < -0.39 is 5.97 Å². The predicted octanol–water partition coefficient (Wildman–Crippen LogP) is 3.97. The summed E-state index contributed by atoms with van der Waals surface area (Å²) in [6.45, 7) is 0. The average molecular weight is 259 g/mol. The van der Waals surface area contributed by atoms with Crippen LogP contribution in [0.25, 0.3) is 11.6 Å². The van der Waals surface area contributed by atoms with E-state index in [1.165, 1.54) is 0 Å². The summed E-state index contributed by atoms with van der Waals surface area (Å²) in [5.74, 6) is -0.957. The molecule has 2 aromatic carbocycles. The van der Waals surface area contributed by atoms with E-state index in [0.29, 0.717) is 10.6 Å². The van der Waals surface area contributed by atoms with Crippen LogP contribution in [0.4, 0.5) is 0 Å². The Morgan fingerprint density at radius 3 is 2.17 bits per heavy atom. The molecule has 0 saturated carbocycles. The second-order valence-electron chi connectivity index (χ2n) is 3.78. The van der Waals surface area contributed by atoms with Crippen LogP contribution >= 0.6 is 11.6 Å². The van der Waals surface area contributed by atoms with Crippen LogP contribution < -0.4 is 0 Å². The summed E-state index contributed by atoms with van der Waals surface area (Å²) in [4.78, 5) is 11.3. The van der Waals surface area contributed by atoms with E-state index in [4.69, 9.17) is 11.6 Å². The van der Waals surface area contributed by atoms with Crippen LogP contribution in [-0.2, 0) is 4.79 Å². The van der Waals surface area contributed by atoms with E-state index in [1.807, 2.05) is 30.3 Å². The zero-order valence-corrected chi connectivity index (χ0v) is 10.3. The minimum absolute atomic E-state index is 0.248. The Balaban J connectivity index is 2.44. The molecule has 0 aliphatic rings. The Bertz CT molecular complexity index is 571. The van der Waals surface area contributed by atoms with Crippen molar-refractivity contribution in [2.45, 2.75) is 0 Å². The van der Waals surface area contributed by atoms with Gasteiger partial charge in [-0.25, -0.2) is 4.79 Å². The normalized spacial score (nSPS) is 11.3. The second kappa shape index (κ2) is 5.52. The van der Waals surface area contributed by atoms with Crippen molar-refractivity contribution in [1.29, 1.82) is 0 Å². The first kappa shape index (κ1) is 12.4. The maximum atomic E-state index is 11.3. The quantitative estimate of drug-likeness (QED) is 0.668. The molecule has 3 heteroatoms. The number of carbonyl (C=O) groups is 1. The highest BCUT2D eigenvalue weighted by atomic mass is 35.5. The molecule has 0 aliphatic carbocycles. The van der Waals surface area contributed by atoms with Crippen molar-refractivity contribution >= 4 is 29.2 Å². The molecular weight excluding hydrogens is 248 g/mol. The lowest BCUT2D eigenvalue weighted by atomic mass is 10.0. The van der Waals surface area contributed by atoms with Gasteiger partial charge in [-0.05, 0) is 29.3 Å². The summed E-state index contributed by atoms with van der Waals surface area (Å²) in [6, 6.07) is 16.1. The third kappa shape index (κ3) is 2.99. The fourth-order valence-electron chi connectivity index (χ4n) is 1.61. The molecule has 2 rings (SSSR count). The molecule has 2 nitrogen and oxygen atoms in total. The van der Waals surface area contributed by atoms with Crippen molar-refractivity contribution in [2.75, 3.05) is 0 Å². The van der Waals surface area contributed by atoms with Gasteiger partial charge >= 0.3 is 5.97 Å². The number of carboxylic acids is 1. The number of aliphatic carboxylic acids is 1. The van der Waals surface area contributed by atoms with Crippen molar-refractivity contribution in [3.05, 3.63) is 70.7 Å². The molecule has 0 bridgehead atoms. The number of benzene rings is 2. The topological polar surface area (TPSA) is 37.3 Å². The monoisotopic (exact) mass is 258 g/mol. The summed E-state index contributed by atoms with van der Waals surface area (Å²) in [5, 5.41) is 9.84. The van der Waals surface area contributed by atoms with Crippen LogP contribution in [0.1, 0.15) is 11.1 Å². The SMILES string of the molecule is O=C(O)C(=Cc1ccccc1)c1ccc(Cl)cc1. The first-order chi connectivity index (χ1) is 8.66. The largest absolute Gasteiger partial charge is 0.478 e. The Morgan fingerprint density at radius 2 is 1.61 bits per heavy atom. The first-order valence-corrected chi connectivity index (χ1v) is 5.80. The summed E-state index contributed by atoms with van der Waals surface area (Å²) < 4.78 is 0. The number of halogens is 1. The van der Waals surface area contributed by atoms with E-state index in [2.05, 4.69) is 0 Å². The fourth-order valence-corrected chi connectivity index (χ4v) is 1.74. The molecule has 0 radical (unpaired) electrons.